The van der Waals surface area contributed by atoms with Gasteiger partial charge in [-0.2, -0.15) is 0 Å². The van der Waals surface area contributed by atoms with Gasteiger partial charge in [0.05, 0.1) is 17.9 Å². The summed E-state index contributed by atoms with van der Waals surface area (Å²) < 4.78 is 44.6. The maximum atomic E-state index is 14.6. The molecule has 10 heteroatoms. The van der Waals surface area contributed by atoms with Gasteiger partial charge in [-0.3, -0.25) is 9.20 Å². The molecule has 7 nitrogen and oxygen atoms in total. The number of halogens is 3. The highest BCUT2D eigenvalue weighted by molar-refractivity contribution is 5.95. The van der Waals surface area contributed by atoms with Crippen LogP contribution in [0.25, 0.3) is 17.0 Å². The first-order chi connectivity index (χ1) is 14.8. The summed E-state index contributed by atoms with van der Waals surface area (Å²) in [6.07, 6.45) is 2.11. The van der Waals surface area contributed by atoms with E-state index in [1.165, 1.54) is 6.20 Å². The number of rotatable bonds is 5. The van der Waals surface area contributed by atoms with E-state index in [0.29, 0.717) is 30.7 Å². The van der Waals surface area contributed by atoms with Crippen molar-refractivity contribution < 1.29 is 18.0 Å². The van der Waals surface area contributed by atoms with Crippen molar-refractivity contribution in [3.63, 3.8) is 0 Å². The maximum absolute atomic E-state index is 14.6. The molecule has 0 spiro atoms. The molecule has 164 valence electrons. The van der Waals surface area contributed by atoms with Gasteiger partial charge in [-0.25, -0.2) is 23.1 Å². The molecule has 3 aromatic heterocycles. The van der Waals surface area contributed by atoms with Crippen molar-refractivity contribution in [2.45, 2.75) is 38.5 Å². The Morgan fingerprint density at radius 3 is 2.84 bits per heavy atom. The van der Waals surface area contributed by atoms with E-state index < -0.39 is 23.8 Å². The van der Waals surface area contributed by atoms with Gasteiger partial charge in [-0.1, -0.05) is 0 Å². The molecule has 1 aliphatic rings. The van der Waals surface area contributed by atoms with Gasteiger partial charge in [0.15, 0.2) is 17.5 Å². The lowest BCUT2D eigenvalue weighted by atomic mass is 10.1. The minimum Gasteiger partial charge on any atom is -0.361 e. The summed E-state index contributed by atoms with van der Waals surface area (Å²) >= 11 is 0. The van der Waals surface area contributed by atoms with Crippen LogP contribution in [0.4, 0.5) is 19.0 Å². The number of carbonyl (C=O) groups is 1. The first-order valence-electron chi connectivity index (χ1n) is 10.1. The molecule has 4 rings (SSSR count). The minimum atomic E-state index is -1.16. The van der Waals surface area contributed by atoms with E-state index in [4.69, 9.17) is 0 Å². The van der Waals surface area contributed by atoms with Gasteiger partial charge in [0, 0.05) is 30.4 Å². The number of hydrogen-bond donors (Lipinski definition) is 3. The van der Waals surface area contributed by atoms with Gasteiger partial charge in [-0.15, -0.1) is 0 Å². The van der Waals surface area contributed by atoms with Crippen LogP contribution in [0, 0.1) is 11.6 Å². The lowest BCUT2D eigenvalue weighted by molar-refractivity contribution is 0.0943. The van der Waals surface area contributed by atoms with Crippen LogP contribution in [0.2, 0.25) is 0 Å². The molecule has 1 amide bonds. The summed E-state index contributed by atoms with van der Waals surface area (Å²) in [5, 5.41) is 8.57. The molecular formula is C21H23F3N6O. The molecule has 31 heavy (non-hydrogen) atoms. The lowest BCUT2D eigenvalue weighted by Gasteiger charge is -2.28. The van der Waals surface area contributed by atoms with Gasteiger partial charge in [-0.05, 0) is 38.9 Å². The highest BCUT2D eigenvalue weighted by atomic mass is 19.1. The van der Waals surface area contributed by atoms with Crippen LogP contribution < -0.4 is 16.0 Å². The van der Waals surface area contributed by atoms with Crippen molar-refractivity contribution in [2.24, 2.45) is 0 Å². The number of anilines is 1. The Morgan fingerprint density at radius 1 is 1.29 bits per heavy atom. The monoisotopic (exact) mass is 432 g/mol. The summed E-state index contributed by atoms with van der Waals surface area (Å²) in [6.45, 7) is 4.56. The molecule has 1 aliphatic heterocycles. The smallest absolute Gasteiger partial charge is 0.251 e. The number of pyridine rings is 2. The Bertz CT molecular complexity index is 1120. The van der Waals surface area contributed by atoms with Gasteiger partial charge < -0.3 is 16.0 Å². The number of nitrogens with one attached hydrogen (secondary N) is 3. The number of piperidine rings is 1. The largest absolute Gasteiger partial charge is 0.361 e. The highest BCUT2D eigenvalue weighted by Crippen LogP contribution is 2.27. The average Bonchev–Trinajstić information content (AvgIpc) is 3.14. The van der Waals surface area contributed by atoms with Crippen molar-refractivity contribution >= 4 is 17.4 Å². The van der Waals surface area contributed by atoms with Gasteiger partial charge >= 0.3 is 0 Å². The summed E-state index contributed by atoms with van der Waals surface area (Å²) in [5.74, 6) is -2.25. The number of imidazole rings is 1. The van der Waals surface area contributed by atoms with Crippen LogP contribution in [0.15, 0.2) is 30.6 Å². The molecule has 3 N–H and O–H groups in total. The summed E-state index contributed by atoms with van der Waals surface area (Å²) in [5.41, 5.74) is 0.971. The number of aromatic nitrogens is 3. The molecule has 0 bridgehead atoms. The first kappa shape index (κ1) is 21.1. The minimum absolute atomic E-state index is 0.0225. The van der Waals surface area contributed by atoms with E-state index in [-0.39, 0.29) is 29.2 Å². The van der Waals surface area contributed by atoms with E-state index in [1.807, 2.05) is 13.8 Å². The number of carbonyl (C=O) groups excluding carboxylic acids is 1. The Morgan fingerprint density at radius 2 is 2.10 bits per heavy atom. The summed E-state index contributed by atoms with van der Waals surface area (Å²) in [4.78, 5) is 20.5. The number of nitrogens with zero attached hydrogens (tertiary/aromatic N) is 3. The van der Waals surface area contributed by atoms with Gasteiger partial charge in [0.2, 0.25) is 0 Å². The molecule has 3 aromatic rings. The Balaban J connectivity index is 1.68. The van der Waals surface area contributed by atoms with Crippen molar-refractivity contribution in [1.29, 1.82) is 0 Å². The normalized spacial score (nSPS) is 19.0. The maximum Gasteiger partial charge on any atom is 0.251 e. The van der Waals surface area contributed by atoms with Crippen LogP contribution >= 0.6 is 0 Å². The fraction of sp³-hybridized carbons (Fsp3) is 0.381. The molecule has 4 heterocycles. The van der Waals surface area contributed by atoms with Gasteiger partial charge in [0.25, 0.3) is 5.91 Å². The van der Waals surface area contributed by atoms with E-state index in [9.17, 15) is 18.0 Å². The molecule has 0 aromatic carbocycles. The number of hydrogen-bond acceptors (Lipinski definition) is 5. The van der Waals surface area contributed by atoms with Crippen LogP contribution in [0.5, 0.6) is 0 Å². The molecule has 2 unspecified atom stereocenters. The fourth-order valence-corrected chi connectivity index (χ4v) is 3.53. The first-order valence-corrected chi connectivity index (χ1v) is 10.1. The van der Waals surface area contributed by atoms with Crippen LogP contribution in [0.3, 0.4) is 0 Å². The standard InChI is InChI=1S/C21H23F3N6O/c1-11(2)27-21(31)12-4-6-30-17(10-26-18(30)7-12)19-14(23)8-15(24)20(29-19)28-16-9-25-5-3-13(16)22/h4,6-8,10-11,13,16,25H,3,5,9H2,1-2H3,(H,27,31)(H,28,29). The number of fused-ring (bicyclic) bond motifs is 1. The van der Waals surface area contributed by atoms with E-state index in [1.54, 1.807) is 22.7 Å². The second kappa shape index (κ2) is 8.54. The van der Waals surface area contributed by atoms with Crippen LogP contribution in [-0.4, -0.2) is 51.6 Å². The third-order valence-corrected chi connectivity index (χ3v) is 5.09. The van der Waals surface area contributed by atoms with Crippen molar-refractivity contribution in [2.75, 3.05) is 18.4 Å². The molecule has 2 atom stereocenters. The average molecular weight is 432 g/mol. The zero-order chi connectivity index (χ0) is 22.1. The summed E-state index contributed by atoms with van der Waals surface area (Å²) in [6, 6.07) is 3.18. The predicted octanol–water partition coefficient (Wildman–Crippen LogP) is 2.92. The Kier molecular flexibility index (Phi) is 5.81. The quantitative estimate of drug-likeness (QED) is 0.578. The third kappa shape index (κ3) is 4.34. The molecule has 1 fully saturated rings. The third-order valence-electron chi connectivity index (χ3n) is 5.09. The SMILES string of the molecule is CC(C)NC(=O)c1ccn2c(-c3nc(NC4CNCCC4F)c(F)cc3F)cnc2c1. The Hall–Kier alpha value is -3.14. The zero-order valence-electron chi connectivity index (χ0n) is 17.1. The second-order valence-electron chi connectivity index (χ2n) is 7.82. The van der Waals surface area contributed by atoms with Crippen molar-refractivity contribution in [3.8, 4) is 11.4 Å². The zero-order valence-corrected chi connectivity index (χ0v) is 17.1. The topological polar surface area (TPSA) is 83.4 Å². The molecule has 1 saturated heterocycles. The molecular weight excluding hydrogens is 409 g/mol. The molecule has 0 saturated carbocycles. The van der Waals surface area contributed by atoms with E-state index >= 15 is 0 Å². The fourth-order valence-electron chi connectivity index (χ4n) is 3.53. The predicted molar refractivity (Wildman–Crippen MR) is 111 cm³/mol. The summed E-state index contributed by atoms with van der Waals surface area (Å²) in [7, 11) is 0. The van der Waals surface area contributed by atoms with E-state index in [2.05, 4.69) is 25.9 Å². The number of amides is 1. The molecule has 0 radical (unpaired) electrons. The Labute approximate surface area is 177 Å². The molecule has 0 aliphatic carbocycles. The second-order valence-corrected chi connectivity index (χ2v) is 7.82. The van der Waals surface area contributed by atoms with Crippen molar-refractivity contribution in [3.05, 3.63) is 47.8 Å². The highest BCUT2D eigenvalue weighted by Gasteiger charge is 2.26. The van der Waals surface area contributed by atoms with Gasteiger partial charge in [0.1, 0.15) is 17.5 Å². The lowest BCUT2D eigenvalue weighted by Crippen LogP contribution is -2.46. The van der Waals surface area contributed by atoms with Crippen LogP contribution in [-0.2, 0) is 0 Å². The van der Waals surface area contributed by atoms with Crippen LogP contribution in [0.1, 0.15) is 30.6 Å². The van der Waals surface area contributed by atoms with Crippen molar-refractivity contribution in [1.82, 2.24) is 25.0 Å². The van der Waals surface area contributed by atoms with E-state index in [0.717, 1.165) is 6.07 Å². The number of alkyl halides is 1.